The van der Waals surface area contributed by atoms with Crippen LogP contribution in [0.2, 0.25) is 0 Å². The Morgan fingerprint density at radius 2 is 2.25 bits per heavy atom. The zero-order valence-corrected chi connectivity index (χ0v) is 15.2. The van der Waals surface area contributed by atoms with Crippen molar-refractivity contribution < 1.29 is 19.1 Å². The normalized spacial score (nSPS) is 10.6. The number of aromatic nitrogens is 2. The van der Waals surface area contributed by atoms with Crippen molar-refractivity contribution in [3.63, 3.8) is 0 Å². The fourth-order valence-corrected chi connectivity index (χ4v) is 2.77. The van der Waals surface area contributed by atoms with Crippen molar-refractivity contribution in [2.75, 3.05) is 18.5 Å². The van der Waals surface area contributed by atoms with Crippen LogP contribution >= 0.6 is 0 Å². The number of aliphatic hydroxyl groups is 1. The molecule has 1 aromatic carbocycles. The first kappa shape index (κ1) is 19.4. The van der Waals surface area contributed by atoms with E-state index in [0.29, 0.717) is 28.8 Å². The van der Waals surface area contributed by atoms with Crippen LogP contribution in [0.3, 0.4) is 0 Å². The third kappa shape index (κ3) is 3.81. The summed E-state index contributed by atoms with van der Waals surface area (Å²) in [5.41, 5.74) is 3.73. The Balaban J connectivity index is 2.00. The summed E-state index contributed by atoms with van der Waals surface area (Å²) in [6, 6.07) is 7.80. The van der Waals surface area contributed by atoms with Gasteiger partial charge in [0, 0.05) is 30.8 Å². The van der Waals surface area contributed by atoms with Crippen molar-refractivity contribution in [1.29, 1.82) is 0 Å². The topological polar surface area (TPSA) is 88.4 Å². The number of halogens is 1. The van der Waals surface area contributed by atoms with E-state index in [-0.39, 0.29) is 24.5 Å². The number of benzene rings is 1. The van der Waals surface area contributed by atoms with E-state index < -0.39 is 11.7 Å². The van der Waals surface area contributed by atoms with Gasteiger partial charge >= 0.3 is 0 Å². The number of hydrogen-bond donors (Lipinski definition) is 3. The third-order valence-corrected chi connectivity index (χ3v) is 4.13. The van der Waals surface area contributed by atoms with Crippen LogP contribution in [0.15, 0.2) is 36.5 Å². The lowest BCUT2D eigenvalue weighted by Crippen LogP contribution is -2.25. The van der Waals surface area contributed by atoms with Gasteiger partial charge in [0.25, 0.3) is 5.91 Å². The number of nitrogens with zero attached hydrogens (tertiary/aromatic N) is 2. The molecule has 0 spiro atoms. The number of aliphatic hydroxyl groups excluding tert-OH is 1. The average molecular weight is 382 g/mol. The van der Waals surface area contributed by atoms with Gasteiger partial charge in [0.2, 0.25) is 0 Å². The number of pyridine rings is 1. The Morgan fingerprint density at radius 1 is 1.43 bits per heavy atom. The van der Waals surface area contributed by atoms with Gasteiger partial charge in [-0.1, -0.05) is 5.92 Å². The van der Waals surface area contributed by atoms with Crippen LogP contribution < -0.4 is 10.8 Å². The van der Waals surface area contributed by atoms with Gasteiger partial charge in [-0.15, -0.1) is 6.42 Å². The summed E-state index contributed by atoms with van der Waals surface area (Å²) < 4.78 is 16.1. The maximum atomic E-state index is 14.4. The van der Waals surface area contributed by atoms with Gasteiger partial charge in [0.15, 0.2) is 0 Å². The molecule has 0 aliphatic rings. The van der Waals surface area contributed by atoms with E-state index in [0.717, 1.165) is 0 Å². The van der Waals surface area contributed by atoms with Crippen LogP contribution in [0.4, 0.5) is 15.9 Å². The van der Waals surface area contributed by atoms with Gasteiger partial charge in [0.1, 0.15) is 17.3 Å². The summed E-state index contributed by atoms with van der Waals surface area (Å²) >= 11 is 0. The van der Waals surface area contributed by atoms with Gasteiger partial charge in [0.05, 0.1) is 17.9 Å². The molecule has 0 saturated heterocycles. The van der Waals surface area contributed by atoms with Crippen molar-refractivity contribution >= 4 is 28.4 Å². The molecule has 0 aliphatic carbocycles. The lowest BCUT2D eigenvalue weighted by molar-refractivity contribution is 0.0264. The summed E-state index contributed by atoms with van der Waals surface area (Å²) in [5.74, 6) is 1.67. The highest BCUT2D eigenvalue weighted by atomic mass is 19.1. The van der Waals surface area contributed by atoms with Gasteiger partial charge in [-0.2, -0.15) is 0 Å². The van der Waals surface area contributed by atoms with Crippen LogP contribution in [0.5, 0.6) is 0 Å². The van der Waals surface area contributed by atoms with Gasteiger partial charge < -0.3 is 15.0 Å². The van der Waals surface area contributed by atoms with Crippen molar-refractivity contribution in [2.45, 2.75) is 6.42 Å². The number of hydroxylamine groups is 1. The Hall–Kier alpha value is -3.41. The first-order chi connectivity index (χ1) is 13.6. The molecule has 2 heterocycles. The van der Waals surface area contributed by atoms with Crippen LogP contribution in [-0.2, 0) is 11.9 Å². The van der Waals surface area contributed by atoms with Crippen molar-refractivity contribution in [3.8, 4) is 12.3 Å². The standard InChI is InChI=1S/C20H19FN4O3/c1-3-13-7-8-16(15(21)12-13)23-19-17(20(27)24-28-11-5-10-26)14-6-4-9-22-18(14)25(19)2/h1,4,6-9,12,23,26H,5,10-11H2,2H3,(H,24,27). The molecule has 0 unspecified atom stereocenters. The van der Waals surface area contributed by atoms with Gasteiger partial charge in [-0.25, -0.2) is 14.9 Å². The molecule has 2 aromatic heterocycles. The van der Waals surface area contributed by atoms with Crippen molar-refractivity contribution in [1.82, 2.24) is 15.0 Å². The smallest absolute Gasteiger partial charge is 0.279 e. The Kier molecular flexibility index (Phi) is 5.89. The molecular weight excluding hydrogens is 363 g/mol. The predicted molar refractivity (Wildman–Crippen MR) is 103 cm³/mol. The molecule has 8 heteroatoms. The molecule has 3 rings (SSSR count). The molecule has 0 saturated carbocycles. The van der Waals surface area contributed by atoms with Crippen molar-refractivity contribution in [2.24, 2.45) is 7.05 Å². The van der Waals surface area contributed by atoms with E-state index >= 15 is 0 Å². The minimum atomic E-state index is -0.542. The van der Waals surface area contributed by atoms with Crippen LogP contribution in [0, 0.1) is 18.2 Å². The molecule has 0 radical (unpaired) electrons. The highest BCUT2D eigenvalue weighted by Gasteiger charge is 2.23. The first-order valence-corrected chi connectivity index (χ1v) is 8.56. The van der Waals surface area contributed by atoms with E-state index in [1.807, 2.05) is 0 Å². The predicted octanol–water partition coefficient (Wildman–Crippen LogP) is 2.48. The number of carbonyl (C=O) groups excluding carboxylic acids is 1. The number of fused-ring (bicyclic) bond motifs is 1. The van der Waals surface area contributed by atoms with Gasteiger partial charge in [-0.05, 0) is 36.8 Å². The lowest BCUT2D eigenvalue weighted by Gasteiger charge is -2.12. The SMILES string of the molecule is C#Cc1ccc(Nc2c(C(=O)NOCCCO)c3cccnc3n2C)c(F)c1. The highest BCUT2D eigenvalue weighted by Crippen LogP contribution is 2.31. The molecule has 0 atom stereocenters. The second-order valence-corrected chi connectivity index (χ2v) is 5.98. The van der Waals surface area contributed by atoms with Crippen LogP contribution in [-0.4, -0.2) is 33.8 Å². The first-order valence-electron chi connectivity index (χ1n) is 8.56. The van der Waals surface area contributed by atoms with E-state index in [9.17, 15) is 9.18 Å². The molecule has 0 fully saturated rings. The number of aryl methyl sites for hydroxylation is 1. The fraction of sp³-hybridized carbons (Fsp3) is 0.200. The van der Waals surface area contributed by atoms with Gasteiger partial charge in [-0.3, -0.25) is 9.63 Å². The second-order valence-electron chi connectivity index (χ2n) is 5.98. The number of carbonyl (C=O) groups is 1. The molecular formula is C20H19FN4O3. The quantitative estimate of drug-likeness (QED) is 0.332. The lowest BCUT2D eigenvalue weighted by atomic mass is 10.1. The summed E-state index contributed by atoms with van der Waals surface area (Å²) in [4.78, 5) is 22.1. The number of amides is 1. The highest BCUT2D eigenvalue weighted by molar-refractivity contribution is 6.11. The number of rotatable bonds is 7. The number of nitrogens with one attached hydrogen (secondary N) is 2. The summed E-state index contributed by atoms with van der Waals surface area (Å²) in [6.45, 7) is 0.115. The molecule has 0 bridgehead atoms. The maximum absolute atomic E-state index is 14.4. The summed E-state index contributed by atoms with van der Waals surface area (Å²) in [7, 11) is 1.72. The van der Waals surface area contributed by atoms with E-state index in [4.69, 9.17) is 16.4 Å². The average Bonchev–Trinajstić information content (AvgIpc) is 2.99. The van der Waals surface area contributed by atoms with E-state index in [1.54, 1.807) is 36.0 Å². The Morgan fingerprint density at radius 3 is 2.96 bits per heavy atom. The molecule has 0 aliphatic heterocycles. The largest absolute Gasteiger partial charge is 0.396 e. The van der Waals surface area contributed by atoms with E-state index in [2.05, 4.69) is 21.7 Å². The Labute approximate surface area is 161 Å². The minimum Gasteiger partial charge on any atom is -0.396 e. The monoisotopic (exact) mass is 382 g/mol. The van der Waals surface area contributed by atoms with E-state index in [1.165, 1.54) is 12.1 Å². The zero-order valence-electron chi connectivity index (χ0n) is 15.2. The summed E-state index contributed by atoms with van der Waals surface area (Å²) in [6.07, 6.45) is 7.29. The Bertz CT molecular complexity index is 1060. The minimum absolute atomic E-state index is 0.0478. The zero-order chi connectivity index (χ0) is 20.1. The van der Waals surface area contributed by atoms with Crippen molar-refractivity contribution in [3.05, 3.63) is 53.5 Å². The fourth-order valence-electron chi connectivity index (χ4n) is 2.77. The number of anilines is 2. The molecule has 28 heavy (non-hydrogen) atoms. The molecule has 7 nitrogen and oxygen atoms in total. The number of hydrogen-bond acceptors (Lipinski definition) is 5. The molecule has 1 amide bonds. The molecule has 3 N–H and O–H groups in total. The summed E-state index contributed by atoms with van der Waals surface area (Å²) in [5, 5.41) is 12.3. The van der Waals surface area contributed by atoms with Crippen LogP contribution in [0.1, 0.15) is 22.3 Å². The second kappa shape index (κ2) is 8.52. The number of terminal acetylenes is 1. The third-order valence-electron chi connectivity index (χ3n) is 4.13. The molecule has 3 aromatic rings. The van der Waals surface area contributed by atoms with Crippen LogP contribution in [0.25, 0.3) is 11.0 Å². The maximum Gasteiger partial charge on any atom is 0.279 e. The molecule has 144 valence electrons.